The number of ether oxygens (including phenoxy) is 3. The van der Waals surface area contributed by atoms with Crippen molar-refractivity contribution in [2.45, 2.75) is 24.1 Å². The van der Waals surface area contributed by atoms with Crippen molar-refractivity contribution in [3.63, 3.8) is 0 Å². The first-order valence-electron chi connectivity index (χ1n) is 11.2. The fourth-order valence-electron chi connectivity index (χ4n) is 3.30. The summed E-state index contributed by atoms with van der Waals surface area (Å²) in [4.78, 5) is 39.3. The van der Waals surface area contributed by atoms with Crippen LogP contribution in [0.1, 0.15) is 27.6 Å². The van der Waals surface area contributed by atoms with Crippen LogP contribution < -0.4 is 14.8 Å². The van der Waals surface area contributed by atoms with Crippen molar-refractivity contribution in [1.82, 2.24) is 10.3 Å². The maximum atomic E-state index is 12.6. The van der Waals surface area contributed by atoms with Gasteiger partial charge in [0.05, 0.1) is 10.8 Å². The standard InChI is InChI=1S/C26H23F3N2O6S/c1-30-24(33)23(38-16-32)13-17-4-8-20(9-5-17)35-15-22(36-25(34)19-3-2-12-31-14-19)18-6-10-21(11-7-18)37-26(27,28)29/h2-12,14,16,22-23H,13,15H2,1H3,(H,30,33). The van der Waals surface area contributed by atoms with Gasteiger partial charge in [0.1, 0.15) is 18.1 Å². The van der Waals surface area contributed by atoms with Gasteiger partial charge in [-0.1, -0.05) is 36.0 Å². The van der Waals surface area contributed by atoms with Crippen molar-refractivity contribution in [2.75, 3.05) is 13.7 Å². The molecule has 1 amide bonds. The largest absolute Gasteiger partial charge is 0.573 e. The van der Waals surface area contributed by atoms with E-state index in [1.165, 1.54) is 37.6 Å². The third-order valence-corrected chi connectivity index (χ3v) is 5.96. The van der Waals surface area contributed by atoms with Crippen LogP contribution in [0.25, 0.3) is 0 Å². The highest BCUT2D eigenvalue weighted by Crippen LogP contribution is 2.27. The Morgan fingerprint density at radius 1 is 1.05 bits per heavy atom. The van der Waals surface area contributed by atoms with E-state index < -0.39 is 29.4 Å². The summed E-state index contributed by atoms with van der Waals surface area (Å²) >= 11 is 0.880. The van der Waals surface area contributed by atoms with Gasteiger partial charge < -0.3 is 19.5 Å². The van der Waals surface area contributed by atoms with Crippen molar-refractivity contribution in [1.29, 1.82) is 0 Å². The Balaban J connectivity index is 1.72. The zero-order valence-electron chi connectivity index (χ0n) is 20.0. The number of carbonyl (C=O) groups is 3. The lowest BCUT2D eigenvalue weighted by Crippen LogP contribution is -2.31. The molecule has 1 heterocycles. The molecule has 0 radical (unpaired) electrons. The summed E-state index contributed by atoms with van der Waals surface area (Å²) in [6, 6.07) is 14.8. The number of amides is 1. The van der Waals surface area contributed by atoms with E-state index in [1.807, 2.05) is 0 Å². The van der Waals surface area contributed by atoms with E-state index in [9.17, 15) is 27.6 Å². The Hall–Kier alpha value is -4.06. The summed E-state index contributed by atoms with van der Waals surface area (Å²) in [7, 11) is 1.49. The molecular formula is C26H23F3N2O6S. The number of aromatic nitrogens is 1. The van der Waals surface area contributed by atoms with Crippen LogP contribution in [0.3, 0.4) is 0 Å². The fraction of sp³-hybridized carbons (Fsp3) is 0.231. The lowest BCUT2D eigenvalue weighted by atomic mass is 10.1. The first kappa shape index (κ1) is 28.5. The lowest BCUT2D eigenvalue weighted by Gasteiger charge is -2.20. The molecule has 8 nitrogen and oxygen atoms in total. The Morgan fingerprint density at radius 3 is 2.32 bits per heavy atom. The highest BCUT2D eigenvalue weighted by molar-refractivity contribution is 8.13. The molecule has 0 spiro atoms. The van der Waals surface area contributed by atoms with Crippen LogP contribution in [0, 0.1) is 0 Å². The van der Waals surface area contributed by atoms with E-state index in [0.717, 1.165) is 29.5 Å². The minimum Gasteiger partial charge on any atom is -0.489 e. The number of rotatable bonds is 12. The van der Waals surface area contributed by atoms with Crippen LogP contribution >= 0.6 is 11.8 Å². The van der Waals surface area contributed by atoms with Crippen molar-refractivity contribution in [3.05, 3.63) is 89.7 Å². The van der Waals surface area contributed by atoms with Crippen LogP contribution in [0.4, 0.5) is 13.2 Å². The molecule has 200 valence electrons. The molecular weight excluding hydrogens is 525 g/mol. The molecule has 0 aliphatic carbocycles. The topological polar surface area (TPSA) is 104 Å². The molecule has 0 bridgehead atoms. The number of esters is 1. The van der Waals surface area contributed by atoms with Gasteiger partial charge >= 0.3 is 12.3 Å². The van der Waals surface area contributed by atoms with Crippen molar-refractivity contribution in [3.8, 4) is 11.5 Å². The monoisotopic (exact) mass is 548 g/mol. The smallest absolute Gasteiger partial charge is 0.489 e. The van der Waals surface area contributed by atoms with Gasteiger partial charge in [-0.3, -0.25) is 14.6 Å². The maximum absolute atomic E-state index is 12.6. The number of nitrogens with one attached hydrogen (secondary N) is 1. The summed E-state index contributed by atoms with van der Waals surface area (Å²) in [6.07, 6.45) is -2.66. The molecule has 1 N–H and O–H groups in total. The van der Waals surface area contributed by atoms with Crippen LogP contribution in [-0.2, 0) is 20.7 Å². The first-order chi connectivity index (χ1) is 18.2. The second-order valence-corrected chi connectivity index (χ2v) is 8.78. The van der Waals surface area contributed by atoms with Gasteiger partial charge in [0.2, 0.25) is 5.91 Å². The number of hydrogen-bond donors (Lipinski definition) is 1. The number of hydrogen-bond acceptors (Lipinski definition) is 8. The SMILES string of the molecule is CNC(=O)C(Cc1ccc(OCC(OC(=O)c2cccnc2)c2ccc(OC(F)(F)F)cc2)cc1)SC=O. The third-order valence-electron chi connectivity index (χ3n) is 5.14. The van der Waals surface area contributed by atoms with E-state index in [4.69, 9.17) is 9.47 Å². The molecule has 2 atom stereocenters. The van der Waals surface area contributed by atoms with Gasteiger partial charge in [-0.05, 0) is 53.9 Å². The van der Waals surface area contributed by atoms with Crippen LogP contribution in [0.5, 0.6) is 11.5 Å². The van der Waals surface area contributed by atoms with E-state index in [0.29, 0.717) is 23.4 Å². The normalized spacial score (nSPS) is 12.6. The lowest BCUT2D eigenvalue weighted by molar-refractivity contribution is -0.274. The predicted molar refractivity (Wildman–Crippen MR) is 133 cm³/mol. The molecule has 3 rings (SSSR count). The average molecular weight is 549 g/mol. The summed E-state index contributed by atoms with van der Waals surface area (Å²) < 4.78 is 52.8. The molecule has 0 aliphatic rings. The van der Waals surface area contributed by atoms with E-state index in [1.54, 1.807) is 30.3 Å². The Labute approximate surface area is 220 Å². The number of carbonyl (C=O) groups excluding carboxylic acids is 3. The van der Waals surface area contributed by atoms with Crippen molar-refractivity contribution < 1.29 is 41.8 Å². The summed E-state index contributed by atoms with van der Waals surface area (Å²) in [6.45, 7) is -0.146. The zero-order chi connectivity index (χ0) is 27.5. The zero-order valence-corrected chi connectivity index (χ0v) is 20.8. The Kier molecular flexibility index (Phi) is 10.1. The molecule has 2 unspecified atom stereocenters. The summed E-state index contributed by atoms with van der Waals surface area (Å²) in [5, 5.41) is 1.94. The minimum atomic E-state index is -4.84. The molecule has 3 aromatic rings. The highest BCUT2D eigenvalue weighted by Gasteiger charge is 2.31. The maximum Gasteiger partial charge on any atom is 0.573 e. The Bertz CT molecular complexity index is 1210. The van der Waals surface area contributed by atoms with Crippen molar-refractivity contribution in [2.24, 2.45) is 0 Å². The van der Waals surface area contributed by atoms with Crippen LogP contribution in [-0.4, -0.2) is 47.7 Å². The van der Waals surface area contributed by atoms with E-state index in [-0.39, 0.29) is 18.1 Å². The number of halogens is 3. The molecule has 2 aromatic carbocycles. The third kappa shape index (κ3) is 8.80. The summed E-state index contributed by atoms with van der Waals surface area (Å²) in [5.74, 6) is -0.955. The molecule has 0 saturated heterocycles. The van der Waals surface area contributed by atoms with Crippen LogP contribution in [0.15, 0.2) is 73.1 Å². The fourth-order valence-corrected chi connectivity index (χ4v) is 3.97. The molecule has 0 saturated carbocycles. The van der Waals surface area contributed by atoms with E-state index >= 15 is 0 Å². The first-order valence-corrected chi connectivity index (χ1v) is 12.1. The molecule has 38 heavy (non-hydrogen) atoms. The predicted octanol–water partition coefficient (Wildman–Crippen LogP) is 4.54. The van der Waals surface area contributed by atoms with Gasteiger partial charge in [0, 0.05) is 19.4 Å². The number of pyridine rings is 1. The number of benzene rings is 2. The van der Waals surface area contributed by atoms with Gasteiger partial charge in [-0.2, -0.15) is 0 Å². The summed E-state index contributed by atoms with van der Waals surface area (Å²) in [5.41, 5.74) is 1.98. The van der Waals surface area contributed by atoms with Gasteiger partial charge in [-0.25, -0.2) is 4.79 Å². The quantitative estimate of drug-likeness (QED) is 0.260. The van der Waals surface area contributed by atoms with Gasteiger partial charge in [0.15, 0.2) is 11.7 Å². The van der Waals surface area contributed by atoms with Gasteiger partial charge in [-0.15, -0.1) is 13.2 Å². The second kappa shape index (κ2) is 13.5. The Morgan fingerprint density at radius 2 is 1.74 bits per heavy atom. The number of thioether (sulfide) groups is 1. The van der Waals surface area contributed by atoms with Crippen molar-refractivity contribution >= 4 is 29.3 Å². The molecule has 1 aromatic heterocycles. The minimum absolute atomic E-state index is 0.146. The molecule has 0 fully saturated rings. The molecule has 12 heteroatoms. The van der Waals surface area contributed by atoms with Gasteiger partial charge in [0.25, 0.3) is 0 Å². The molecule has 0 aliphatic heterocycles. The van der Waals surface area contributed by atoms with E-state index in [2.05, 4.69) is 15.0 Å². The number of alkyl halides is 3. The van der Waals surface area contributed by atoms with Crippen LogP contribution in [0.2, 0.25) is 0 Å². The number of nitrogens with zero attached hydrogens (tertiary/aromatic N) is 1. The second-order valence-electron chi connectivity index (χ2n) is 7.75. The average Bonchev–Trinajstić information content (AvgIpc) is 2.91. The highest BCUT2D eigenvalue weighted by atomic mass is 32.2.